The van der Waals surface area contributed by atoms with Crippen molar-refractivity contribution in [2.45, 2.75) is 6.54 Å². The molecule has 0 unspecified atom stereocenters. The number of esters is 1. The van der Waals surface area contributed by atoms with E-state index in [9.17, 15) is 9.59 Å². The molecule has 20 heavy (non-hydrogen) atoms. The topological polar surface area (TPSA) is 61.2 Å². The van der Waals surface area contributed by atoms with E-state index in [0.717, 1.165) is 10.0 Å². The summed E-state index contributed by atoms with van der Waals surface area (Å²) >= 11 is 6.70. The second-order valence-electron chi connectivity index (χ2n) is 3.90. The molecule has 1 heterocycles. The van der Waals surface area contributed by atoms with Crippen LogP contribution < -0.4 is 0 Å². The summed E-state index contributed by atoms with van der Waals surface area (Å²) in [6, 6.07) is 7.61. The van der Waals surface area contributed by atoms with Gasteiger partial charge in [0.25, 0.3) is 0 Å². The Morgan fingerprint density at radius 2 is 2.10 bits per heavy atom. The minimum atomic E-state index is -0.600. The molecule has 1 aromatic heterocycles. The third-order valence-corrected chi connectivity index (χ3v) is 4.10. The maximum Gasteiger partial charge on any atom is 0.357 e. The maximum absolute atomic E-state index is 11.8. The fourth-order valence-corrected chi connectivity index (χ4v) is 2.68. The predicted molar refractivity (Wildman–Crippen MR) is 79.9 cm³/mol. The lowest BCUT2D eigenvalue weighted by Gasteiger charge is -2.10. The van der Waals surface area contributed by atoms with E-state index in [4.69, 9.17) is 4.74 Å². The van der Waals surface area contributed by atoms with Gasteiger partial charge in [0.1, 0.15) is 5.69 Å². The van der Waals surface area contributed by atoms with Gasteiger partial charge in [-0.15, -0.1) is 0 Å². The average Bonchev–Trinajstić information content (AvgIpc) is 2.77. The largest absolute Gasteiger partial charge is 0.464 e. The van der Waals surface area contributed by atoms with Crippen LogP contribution in [0.2, 0.25) is 0 Å². The summed E-state index contributed by atoms with van der Waals surface area (Å²) in [4.78, 5) is 26.9. The van der Waals surface area contributed by atoms with Crippen molar-refractivity contribution < 1.29 is 14.3 Å². The number of aromatic nitrogens is 2. The zero-order valence-corrected chi connectivity index (χ0v) is 13.6. The van der Waals surface area contributed by atoms with Gasteiger partial charge in [0.15, 0.2) is 16.7 Å². The Bertz CT molecular complexity index is 668. The first kappa shape index (κ1) is 14.9. The first-order valence-corrected chi connectivity index (χ1v) is 7.20. The highest BCUT2D eigenvalue weighted by atomic mass is 79.9. The Balaban J connectivity index is 2.51. The predicted octanol–water partition coefficient (Wildman–Crippen LogP) is 3.06. The summed E-state index contributed by atoms with van der Waals surface area (Å²) in [5.74, 6) is -0.600. The van der Waals surface area contributed by atoms with E-state index >= 15 is 0 Å². The molecule has 0 spiro atoms. The molecule has 0 aliphatic rings. The Kier molecular flexibility index (Phi) is 4.72. The van der Waals surface area contributed by atoms with Gasteiger partial charge in [0.05, 0.1) is 13.7 Å². The number of nitrogens with zero attached hydrogens (tertiary/aromatic N) is 2. The summed E-state index contributed by atoms with van der Waals surface area (Å²) in [6.07, 6.45) is 0.535. The van der Waals surface area contributed by atoms with E-state index in [0.29, 0.717) is 17.6 Å². The van der Waals surface area contributed by atoms with Crippen molar-refractivity contribution in [3.8, 4) is 0 Å². The van der Waals surface area contributed by atoms with Crippen LogP contribution in [0.5, 0.6) is 0 Å². The first-order chi connectivity index (χ1) is 9.58. The van der Waals surface area contributed by atoms with Gasteiger partial charge in [-0.2, -0.15) is 0 Å². The quantitative estimate of drug-likeness (QED) is 0.583. The minimum absolute atomic E-state index is 0.0516. The zero-order chi connectivity index (χ0) is 14.7. The number of carbonyl (C=O) groups excluding carboxylic acids is 2. The Hall–Kier alpha value is -1.47. The molecule has 104 valence electrons. The molecular weight excluding hydrogens is 392 g/mol. The molecule has 0 aliphatic heterocycles. The number of halogens is 2. The Labute approximate surface area is 132 Å². The van der Waals surface area contributed by atoms with Crippen LogP contribution in [-0.4, -0.2) is 28.9 Å². The molecule has 2 aromatic rings. The van der Waals surface area contributed by atoms with Crippen LogP contribution >= 0.6 is 31.9 Å². The summed E-state index contributed by atoms with van der Waals surface area (Å²) in [7, 11) is 1.26. The number of benzene rings is 1. The van der Waals surface area contributed by atoms with Crippen LogP contribution in [-0.2, 0) is 11.3 Å². The smallest absolute Gasteiger partial charge is 0.357 e. The van der Waals surface area contributed by atoms with E-state index in [-0.39, 0.29) is 11.4 Å². The van der Waals surface area contributed by atoms with Crippen LogP contribution in [0.1, 0.15) is 26.5 Å². The summed E-state index contributed by atoms with van der Waals surface area (Å²) in [6.45, 7) is 0.382. The summed E-state index contributed by atoms with van der Waals surface area (Å²) in [5.41, 5.74) is 1.13. The molecule has 0 atom stereocenters. The number of hydrogen-bond acceptors (Lipinski definition) is 4. The third kappa shape index (κ3) is 2.83. The lowest BCUT2D eigenvalue weighted by Crippen LogP contribution is -2.14. The molecule has 0 saturated heterocycles. The lowest BCUT2D eigenvalue weighted by atomic mass is 10.2. The van der Waals surface area contributed by atoms with Gasteiger partial charge >= 0.3 is 5.97 Å². The van der Waals surface area contributed by atoms with Crippen molar-refractivity contribution in [2.75, 3.05) is 7.11 Å². The van der Waals surface area contributed by atoms with Gasteiger partial charge in [-0.05, 0) is 27.6 Å². The molecule has 1 aromatic carbocycles. The molecule has 0 amide bonds. The van der Waals surface area contributed by atoms with Crippen molar-refractivity contribution in [1.82, 2.24) is 9.55 Å². The summed E-state index contributed by atoms with van der Waals surface area (Å²) < 4.78 is 7.61. The summed E-state index contributed by atoms with van der Waals surface area (Å²) in [5, 5.41) is 0. The number of methoxy groups -OCH3 is 1. The molecule has 0 saturated carbocycles. The first-order valence-electron chi connectivity index (χ1n) is 5.61. The van der Waals surface area contributed by atoms with E-state index in [1.807, 2.05) is 24.3 Å². The van der Waals surface area contributed by atoms with Gasteiger partial charge < -0.3 is 9.30 Å². The molecule has 7 heteroatoms. The van der Waals surface area contributed by atoms with Crippen LogP contribution in [0.25, 0.3) is 0 Å². The van der Waals surface area contributed by atoms with E-state index in [1.165, 1.54) is 7.11 Å². The number of ether oxygens (including phenoxy) is 1. The fraction of sp³-hybridized carbons (Fsp3) is 0.154. The maximum atomic E-state index is 11.8. The van der Waals surface area contributed by atoms with Crippen molar-refractivity contribution in [1.29, 1.82) is 0 Å². The minimum Gasteiger partial charge on any atom is -0.464 e. The van der Waals surface area contributed by atoms with E-state index in [1.54, 1.807) is 4.57 Å². The van der Waals surface area contributed by atoms with Crippen LogP contribution in [0.4, 0.5) is 0 Å². The SMILES string of the molecule is COC(=O)c1c(C=O)nc(Br)n1Cc1ccccc1Br. The van der Waals surface area contributed by atoms with Crippen LogP contribution in [0, 0.1) is 0 Å². The van der Waals surface area contributed by atoms with Crippen molar-refractivity contribution in [2.24, 2.45) is 0 Å². The number of carbonyl (C=O) groups is 2. The van der Waals surface area contributed by atoms with Gasteiger partial charge in [-0.3, -0.25) is 4.79 Å². The highest BCUT2D eigenvalue weighted by Gasteiger charge is 2.22. The van der Waals surface area contributed by atoms with Gasteiger partial charge in [-0.25, -0.2) is 9.78 Å². The molecule has 0 bridgehead atoms. The molecular formula is C13H10Br2N2O3. The number of imidazole rings is 1. The van der Waals surface area contributed by atoms with Crippen molar-refractivity contribution in [3.05, 3.63) is 50.4 Å². The Morgan fingerprint density at radius 1 is 1.40 bits per heavy atom. The van der Waals surface area contributed by atoms with Crippen molar-refractivity contribution in [3.63, 3.8) is 0 Å². The van der Waals surface area contributed by atoms with Gasteiger partial charge in [0.2, 0.25) is 0 Å². The number of hydrogen-bond donors (Lipinski definition) is 0. The van der Waals surface area contributed by atoms with Gasteiger partial charge in [-0.1, -0.05) is 34.1 Å². The number of aldehydes is 1. The van der Waals surface area contributed by atoms with Crippen molar-refractivity contribution >= 4 is 44.1 Å². The number of rotatable bonds is 4. The molecule has 0 fully saturated rings. The monoisotopic (exact) mass is 400 g/mol. The third-order valence-electron chi connectivity index (χ3n) is 2.72. The second-order valence-corrected chi connectivity index (χ2v) is 5.47. The lowest BCUT2D eigenvalue weighted by molar-refractivity contribution is 0.0586. The van der Waals surface area contributed by atoms with Crippen LogP contribution in [0.3, 0.4) is 0 Å². The zero-order valence-electron chi connectivity index (χ0n) is 10.5. The molecule has 0 N–H and O–H groups in total. The average molecular weight is 402 g/mol. The molecule has 0 aliphatic carbocycles. The standard InChI is InChI=1S/C13H10Br2N2O3/c1-20-12(19)11-10(7-18)16-13(15)17(11)6-8-4-2-3-5-9(8)14/h2-5,7H,6H2,1H3. The highest BCUT2D eigenvalue weighted by molar-refractivity contribution is 9.10. The normalized spacial score (nSPS) is 10.3. The highest BCUT2D eigenvalue weighted by Crippen LogP contribution is 2.22. The molecule has 2 rings (SSSR count). The van der Waals surface area contributed by atoms with Crippen LogP contribution in [0.15, 0.2) is 33.5 Å². The Morgan fingerprint density at radius 3 is 2.70 bits per heavy atom. The molecule has 0 radical (unpaired) electrons. The fourth-order valence-electron chi connectivity index (χ4n) is 1.78. The van der Waals surface area contributed by atoms with E-state index < -0.39 is 5.97 Å². The second kappa shape index (κ2) is 6.32. The van der Waals surface area contributed by atoms with E-state index in [2.05, 4.69) is 36.8 Å². The molecule has 5 nitrogen and oxygen atoms in total. The van der Waals surface area contributed by atoms with Gasteiger partial charge in [0, 0.05) is 4.47 Å².